The van der Waals surface area contributed by atoms with Crippen molar-refractivity contribution in [1.29, 1.82) is 0 Å². The molecule has 2 aromatic carbocycles. The van der Waals surface area contributed by atoms with Crippen LogP contribution in [-0.2, 0) is 10.0 Å². The van der Waals surface area contributed by atoms with E-state index in [0.717, 1.165) is 6.42 Å². The van der Waals surface area contributed by atoms with E-state index in [0.29, 0.717) is 17.1 Å². The minimum atomic E-state index is -3.86. The number of nitrogens with zero attached hydrogens (tertiary/aromatic N) is 2. The van der Waals surface area contributed by atoms with Gasteiger partial charge in [-0.2, -0.15) is 0 Å². The minimum absolute atomic E-state index is 0.169. The van der Waals surface area contributed by atoms with E-state index in [2.05, 4.69) is 4.98 Å². The van der Waals surface area contributed by atoms with E-state index in [1.807, 2.05) is 6.92 Å². The van der Waals surface area contributed by atoms with Gasteiger partial charge in [0.1, 0.15) is 5.69 Å². The van der Waals surface area contributed by atoms with E-state index in [1.165, 1.54) is 16.6 Å². The van der Waals surface area contributed by atoms with Crippen molar-refractivity contribution in [2.45, 2.75) is 24.7 Å². The number of benzene rings is 2. The Morgan fingerprint density at radius 1 is 1.03 bits per heavy atom. The number of anilines is 1. The molecule has 0 bridgehead atoms. The average molecular weight is 429 g/mol. The van der Waals surface area contributed by atoms with Gasteiger partial charge in [0, 0.05) is 17.8 Å². The van der Waals surface area contributed by atoms with Crippen LogP contribution in [0.1, 0.15) is 35.8 Å². The Kier molecular flexibility index (Phi) is 6.67. The van der Waals surface area contributed by atoms with Crippen molar-refractivity contribution in [2.24, 2.45) is 0 Å². The molecule has 1 aromatic heterocycles. The molecule has 0 aliphatic heterocycles. The van der Waals surface area contributed by atoms with Crippen LogP contribution in [0, 0.1) is 0 Å². The summed E-state index contributed by atoms with van der Waals surface area (Å²) in [7, 11) is -3.86. The number of unbranched alkanes of at least 4 members (excludes halogenated alkanes) is 1. The second kappa shape index (κ2) is 9.20. The van der Waals surface area contributed by atoms with Crippen LogP contribution in [0.15, 0.2) is 77.8 Å². The number of pyridine rings is 1. The molecule has 0 unspecified atom stereocenters. The van der Waals surface area contributed by atoms with Crippen LogP contribution in [0.25, 0.3) is 0 Å². The van der Waals surface area contributed by atoms with Gasteiger partial charge in [0.25, 0.3) is 10.0 Å². The molecule has 3 aromatic rings. The lowest BCUT2D eigenvalue weighted by Gasteiger charge is -2.26. The van der Waals surface area contributed by atoms with Crippen molar-refractivity contribution in [3.05, 3.63) is 89.2 Å². The molecule has 0 aliphatic carbocycles. The van der Waals surface area contributed by atoms with Gasteiger partial charge in [-0.3, -0.25) is 14.1 Å². The molecule has 1 heterocycles. The molecule has 3 rings (SSSR count). The molecule has 0 atom stereocenters. The molecule has 0 aliphatic rings. The van der Waals surface area contributed by atoms with Crippen LogP contribution in [0.2, 0.25) is 5.02 Å². The smallest absolute Gasteiger partial charge is 0.264 e. The second-order valence-corrected chi connectivity index (χ2v) is 8.75. The number of rotatable bonds is 8. The van der Waals surface area contributed by atoms with Gasteiger partial charge in [0.15, 0.2) is 0 Å². The van der Waals surface area contributed by atoms with Crippen LogP contribution in [0.4, 0.5) is 5.69 Å². The lowest BCUT2D eigenvalue weighted by molar-refractivity contribution is 0.103. The van der Waals surface area contributed by atoms with Crippen LogP contribution in [-0.4, -0.2) is 25.7 Å². The Balaban J connectivity index is 2.15. The van der Waals surface area contributed by atoms with Crippen molar-refractivity contribution >= 4 is 33.1 Å². The third-order valence-electron chi connectivity index (χ3n) is 4.42. The molecule has 29 heavy (non-hydrogen) atoms. The summed E-state index contributed by atoms with van der Waals surface area (Å²) in [5.41, 5.74) is 0.720. The van der Waals surface area contributed by atoms with Crippen molar-refractivity contribution < 1.29 is 13.2 Å². The molecule has 5 nitrogen and oxygen atoms in total. The summed E-state index contributed by atoms with van der Waals surface area (Å²) in [5, 5.41) is 0.348. The summed E-state index contributed by atoms with van der Waals surface area (Å²) in [6.07, 6.45) is 2.97. The fourth-order valence-electron chi connectivity index (χ4n) is 2.93. The summed E-state index contributed by atoms with van der Waals surface area (Å²) in [6.45, 7) is 2.23. The van der Waals surface area contributed by atoms with Gasteiger partial charge >= 0.3 is 0 Å². The highest BCUT2D eigenvalue weighted by atomic mass is 35.5. The molecule has 0 saturated heterocycles. The minimum Gasteiger partial charge on any atom is -0.287 e. The van der Waals surface area contributed by atoms with Crippen molar-refractivity contribution in [2.75, 3.05) is 10.8 Å². The highest BCUT2D eigenvalue weighted by Crippen LogP contribution is 2.31. The van der Waals surface area contributed by atoms with Gasteiger partial charge in [0.2, 0.25) is 5.78 Å². The van der Waals surface area contributed by atoms with Crippen LogP contribution < -0.4 is 4.31 Å². The lowest BCUT2D eigenvalue weighted by Crippen LogP contribution is -2.33. The standard InChI is InChI=1S/C22H21ClN2O3S/c1-2-3-15-25(29(27,28)18-9-5-4-6-10-18)21-13-12-17(23)16-19(21)22(26)20-11-7-8-14-24-20/h4-14,16H,2-3,15H2,1H3. The van der Waals surface area contributed by atoms with E-state index in [4.69, 9.17) is 11.6 Å². The second-order valence-electron chi connectivity index (χ2n) is 6.45. The average Bonchev–Trinajstić information content (AvgIpc) is 2.75. The normalized spacial score (nSPS) is 11.2. The zero-order valence-corrected chi connectivity index (χ0v) is 17.5. The first-order valence-electron chi connectivity index (χ1n) is 9.28. The van der Waals surface area contributed by atoms with E-state index in [1.54, 1.807) is 60.7 Å². The third-order valence-corrected chi connectivity index (χ3v) is 6.48. The molecule has 0 saturated carbocycles. The quantitative estimate of drug-likeness (QED) is 0.475. The number of ketones is 1. The van der Waals surface area contributed by atoms with E-state index in [-0.39, 0.29) is 28.5 Å². The van der Waals surface area contributed by atoms with Crippen molar-refractivity contribution in [3.63, 3.8) is 0 Å². The maximum Gasteiger partial charge on any atom is 0.264 e. The van der Waals surface area contributed by atoms with Crippen molar-refractivity contribution in [3.8, 4) is 0 Å². The first-order chi connectivity index (χ1) is 13.9. The third kappa shape index (κ3) is 4.66. The Morgan fingerprint density at radius 3 is 2.41 bits per heavy atom. The summed E-state index contributed by atoms with van der Waals surface area (Å²) < 4.78 is 28.1. The lowest BCUT2D eigenvalue weighted by atomic mass is 10.1. The fraction of sp³-hybridized carbons (Fsp3) is 0.182. The summed E-state index contributed by atoms with van der Waals surface area (Å²) in [4.78, 5) is 17.4. The maximum atomic E-state index is 13.4. The molecule has 0 radical (unpaired) electrons. The fourth-order valence-corrected chi connectivity index (χ4v) is 4.65. The van der Waals surface area contributed by atoms with Gasteiger partial charge in [-0.05, 0) is 48.9 Å². The first kappa shape index (κ1) is 21.0. The molecule has 150 valence electrons. The highest BCUT2D eigenvalue weighted by Gasteiger charge is 2.28. The van der Waals surface area contributed by atoms with Gasteiger partial charge in [-0.1, -0.05) is 49.2 Å². The highest BCUT2D eigenvalue weighted by molar-refractivity contribution is 7.92. The topological polar surface area (TPSA) is 67.3 Å². The number of hydrogen-bond donors (Lipinski definition) is 0. The number of halogens is 1. The zero-order chi connectivity index (χ0) is 20.9. The molecule has 0 spiro atoms. The summed E-state index contributed by atoms with van der Waals surface area (Å²) in [5.74, 6) is -0.382. The molecule has 0 N–H and O–H groups in total. The zero-order valence-electron chi connectivity index (χ0n) is 16.0. The molecule has 0 amide bonds. The number of sulfonamides is 1. The Labute approximate surface area is 176 Å². The molecule has 7 heteroatoms. The van der Waals surface area contributed by atoms with Gasteiger partial charge in [0.05, 0.1) is 16.1 Å². The molecular formula is C22H21ClN2O3S. The van der Waals surface area contributed by atoms with Gasteiger partial charge in [-0.25, -0.2) is 8.42 Å². The van der Waals surface area contributed by atoms with Gasteiger partial charge < -0.3 is 0 Å². The van der Waals surface area contributed by atoms with Gasteiger partial charge in [-0.15, -0.1) is 0 Å². The predicted octanol–water partition coefficient (Wildman–Crippen LogP) is 4.96. The largest absolute Gasteiger partial charge is 0.287 e. The SMILES string of the molecule is CCCCN(c1ccc(Cl)cc1C(=O)c1ccccn1)S(=O)(=O)c1ccccc1. The van der Waals surface area contributed by atoms with Crippen LogP contribution in [0.3, 0.4) is 0 Å². The number of carbonyl (C=O) groups excluding carboxylic acids is 1. The Hall–Kier alpha value is -2.70. The van der Waals surface area contributed by atoms with E-state index >= 15 is 0 Å². The maximum absolute atomic E-state index is 13.4. The van der Waals surface area contributed by atoms with Crippen LogP contribution in [0.5, 0.6) is 0 Å². The Morgan fingerprint density at radius 2 is 1.76 bits per heavy atom. The number of aromatic nitrogens is 1. The monoisotopic (exact) mass is 428 g/mol. The predicted molar refractivity (Wildman–Crippen MR) is 115 cm³/mol. The summed E-state index contributed by atoms with van der Waals surface area (Å²) >= 11 is 6.15. The number of hydrogen-bond acceptors (Lipinski definition) is 4. The Bertz CT molecular complexity index is 1090. The van der Waals surface area contributed by atoms with Crippen LogP contribution >= 0.6 is 11.6 Å². The first-order valence-corrected chi connectivity index (χ1v) is 11.1. The van der Waals surface area contributed by atoms with E-state index in [9.17, 15) is 13.2 Å². The number of carbonyl (C=O) groups is 1. The summed E-state index contributed by atoms with van der Waals surface area (Å²) in [6, 6.07) is 17.9. The molecular weight excluding hydrogens is 408 g/mol. The molecule has 0 fully saturated rings. The van der Waals surface area contributed by atoms with E-state index < -0.39 is 10.0 Å². The van der Waals surface area contributed by atoms with Crippen molar-refractivity contribution in [1.82, 2.24) is 4.98 Å².